The lowest BCUT2D eigenvalue weighted by Gasteiger charge is -2.54. The zero-order chi connectivity index (χ0) is 27.2. The second kappa shape index (κ2) is 12.4. The molecule has 2 aromatic carbocycles. The first kappa shape index (κ1) is 27.5. The number of benzene rings is 2. The Bertz CT molecular complexity index is 1150. The van der Waals surface area contributed by atoms with E-state index in [1.165, 1.54) is 24.7 Å². The van der Waals surface area contributed by atoms with Gasteiger partial charge in [0.15, 0.2) is 0 Å². The number of amides is 1. The van der Waals surface area contributed by atoms with Crippen LogP contribution in [0, 0.1) is 23.2 Å². The van der Waals surface area contributed by atoms with Gasteiger partial charge in [0.1, 0.15) is 5.75 Å². The first-order chi connectivity index (χ1) is 19.1. The van der Waals surface area contributed by atoms with Crippen LogP contribution in [-0.4, -0.2) is 69.0 Å². The van der Waals surface area contributed by atoms with Crippen molar-refractivity contribution in [2.75, 3.05) is 47.0 Å². The van der Waals surface area contributed by atoms with Crippen LogP contribution in [-0.2, 0) is 21.4 Å². The van der Waals surface area contributed by atoms with Crippen molar-refractivity contribution in [1.82, 2.24) is 9.80 Å². The molecule has 5 rings (SSSR count). The van der Waals surface area contributed by atoms with Crippen molar-refractivity contribution >= 4 is 6.09 Å². The van der Waals surface area contributed by atoms with Crippen molar-refractivity contribution in [2.24, 2.45) is 11.8 Å². The van der Waals surface area contributed by atoms with Gasteiger partial charge in [0.05, 0.1) is 31.5 Å². The molecule has 1 saturated carbocycles. The van der Waals surface area contributed by atoms with Gasteiger partial charge in [-0.25, -0.2) is 4.79 Å². The number of piperidine rings is 1. The van der Waals surface area contributed by atoms with Gasteiger partial charge in [-0.05, 0) is 92.4 Å². The second-order valence-electron chi connectivity index (χ2n) is 11.3. The highest BCUT2D eigenvalue weighted by molar-refractivity contribution is 5.68. The lowest BCUT2D eigenvalue weighted by atomic mass is 9.56. The lowest BCUT2D eigenvalue weighted by Crippen LogP contribution is -2.59. The monoisotopic (exact) mass is 531 g/mol. The molecule has 3 atom stereocenters. The third kappa shape index (κ3) is 5.64. The number of carbonyl (C=O) groups is 1. The largest absolute Gasteiger partial charge is 0.494 e. The molecule has 2 heterocycles. The van der Waals surface area contributed by atoms with E-state index < -0.39 is 0 Å². The summed E-state index contributed by atoms with van der Waals surface area (Å²) in [4.78, 5) is 17.4. The van der Waals surface area contributed by atoms with Crippen molar-refractivity contribution in [3.05, 3.63) is 65.2 Å². The molecule has 7 heteroatoms. The van der Waals surface area contributed by atoms with Gasteiger partial charge in [0, 0.05) is 32.2 Å². The van der Waals surface area contributed by atoms with E-state index in [-0.39, 0.29) is 17.6 Å². The maximum Gasteiger partial charge on any atom is 0.409 e. The highest BCUT2D eigenvalue weighted by atomic mass is 16.5. The summed E-state index contributed by atoms with van der Waals surface area (Å²) in [7, 11) is 3.34. The van der Waals surface area contributed by atoms with Crippen molar-refractivity contribution in [2.45, 2.75) is 56.6 Å². The lowest BCUT2D eigenvalue weighted by molar-refractivity contribution is -0.0219. The predicted octanol–water partition coefficient (Wildman–Crippen LogP) is 5.37. The molecule has 0 bridgehead atoms. The molecule has 0 radical (unpaired) electrons. The minimum absolute atomic E-state index is 0.134. The average molecular weight is 532 g/mol. The third-order valence-electron chi connectivity index (χ3n) is 9.37. The SMILES string of the molecule is COC(=O)N1Cc2ccccc2C(C2CCN(CCCOc3ccc(C#N)cc3)CC2)([C@H]2CCC[C@@H]2OC)C1. The number of nitriles is 1. The van der Waals surface area contributed by atoms with E-state index >= 15 is 0 Å². The molecule has 1 amide bonds. The minimum Gasteiger partial charge on any atom is -0.494 e. The summed E-state index contributed by atoms with van der Waals surface area (Å²) < 4.78 is 17.2. The van der Waals surface area contributed by atoms with Crippen LogP contribution in [0.4, 0.5) is 4.79 Å². The van der Waals surface area contributed by atoms with E-state index in [1.54, 1.807) is 12.1 Å². The number of ether oxygens (including phenoxy) is 3. The van der Waals surface area contributed by atoms with Gasteiger partial charge in [-0.2, -0.15) is 5.26 Å². The van der Waals surface area contributed by atoms with Crippen LogP contribution in [0.2, 0.25) is 0 Å². The molecule has 1 aliphatic carbocycles. The number of likely N-dealkylation sites (tertiary alicyclic amines) is 1. The van der Waals surface area contributed by atoms with E-state index in [4.69, 9.17) is 19.5 Å². The molecule has 0 spiro atoms. The van der Waals surface area contributed by atoms with E-state index in [2.05, 4.69) is 35.2 Å². The Morgan fingerprint density at radius 2 is 1.82 bits per heavy atom. The zero-order valence-electron chi connectivity index (χ0n) is 23.3. The Morgan fingerprint density at radius 3 is 2.54 bits per heavy atom. The molecule has 7 nitrogen and oxygen atoms in total. The van der Waals surface area contributed by atoms with Gasteiger partial charge < -0.3 is 24.0 Å². The van der Waals surface area contributed by atoms with Crippen molar-refractivity contribution < 1.29 is 19.0 Å². The number of fused-ring (bicyclic) bond motifs is 1. The van der Waals surface area contributed by atoms with E-state index in [9.17, 15) is 4.79 Å². The summed E-state index contributed by atoms with van der Waals surface area (Å²) in [5.41, 5.74) is 3.18. The van der Waals surface area contributed by atoms with Crippen molar-refractivity contribution in [3.63, 3.8) is 0 Å². The number of nitrogens with zero attached hydrogens (tertiary/aromatic N) is 3. The molecular formula is C32H41N3O4. The average Bonchev–Trinajstić information content (AvgIpc) is 3.48. The summed E-state index contributed by atoms with van der Waals surface area (Å²) >= 11 is 0. The fraction of sp³-hybridized carbons (Fsp3) is 0.562. The van der Waals surface area contributed by atoms with Crippen LogP contribution in [0.15, 0.2) is 48.5 Å². The van der Waals surface area contributed by atoms with E-state index in [0.717, 1.165) is 57.5 Å². The second-order valence-corrected chi connectivity index (χ2v) is 11.3. The molecule has 208 valence electrons. The molecule has 2 aliphatic heterocycles. The standard InChI is InChI=1S/C32H41N3O4/c1-37-30-10-5-9-29(30)32(23-35(31(36)38-2)22-25-7-3-4-8-28(25)32)26-15-18-34(19-16-26)17-6-20-39-27-13-11-24(21-33)12-14-27/h3-4,7-8,11-14,26,29-30H,5-6,9-10,15-20,22-23H2,1-2H3/t29-,30-,32?/m0/s1. The fourth-order valence-electron chi connectivity index (χ4n) is 7.57. The smallest absolute Gasteiger partial charge is 0.409 e. The number of carbonyl (C=O) groups excluding carboxylic acids is 1. The summed E-state index contributed by atoms with van der Waals surface area (Å²) in [5.74, 6) is 1.66. The predicted molar refractivity (Wildman–Crippen MR) is 150 cm³/mol. The Labute approximate surface area is 232 Å². The van der Waals surface area contributed by atoms with Crippen molar-refractivity contribution in [3.8, 4) is 11.8 Å². The quantitative estimate of drug-likeness (QED) is 0.426. The first-order valence-corrected chi connectivity index (χ1v) is 14.4. The molecule has 3 aliphatic rings. The Kier molecular flexibility index (Phi) is 8.74. The molecule has 39 heavy (non-hydrogen) atoms. The summed E-state index contributed by atoms with van der Waals surface area (Å²) in [5, 5.41) is 8.96. The number of rotatable bonds is 8. The van der Waals surface area contributed by atoms with Crippen molar-refractivity contribution in [1.29, 1.82) is 5.26 Å². The van der Waals surface area contributed by atoms with Gasteiger partial charge in [0.25, 0.3) is 0 Å². The Morgan fingerprint density at radius 1 is 1.05 bits per heavy atom. The van der Waals surface area contributed by atoms with Crippen LogP contribution < -0.4 is 4.74 Å². The molecular weight excluding hydrogens is 490 g/mol. The highest BCUT2D eigenvalue weighted by Gasteiger charge is 2.55. The van der Waals surface area contributed by atoms with Gasteiger partial charge in [-0.3, -0.25) is 0 Å². The zero-order valence-corrected chi connectivity index (χ0v) is 23.3. The first-order valence-electron chi connectivity index (χ1n) is 14.4. The van der Waals surface area contributed by atoms with Gasteiger partial charge in [-0.15, -0.1) is 0 Å². The van der Waals surface area contributed by atoms with Gasteiger partial charge in [0.2, 0.25) is 0 Å². The minimum atomic E-state index is -0.236. The molecule has 0 aromatic heterocycles. The normalized spacial score (nSPS) is 25.6. The van der Waals surface area contributed by atoms with Crippen LogP contribution >= 0.6 is 0 Å². The molecule has 1 unspecified atom stereocenters. The number of methoxy groups -OCH3 is 2. The summed E-state index contributed by atoms with van der Waals surface area (Å²) in [6.45, 7) is 5.07. The van der Waals surface area contributed by atoms with E-state index in [1.807, 2.05) is 24.1 Å². The third-order valence-corrected chi connectivity index (χ3v) is 9.37. The number of hydrogen-bond acceptors (Lipinski definition) is 6. The summed E-state index contributed by atoms with van der Waals surface area (Å²) in [6, 6.07) is 18.2. The van der Waals surface area contributed by atoms with Crippen LogP contribution in [0.1, 0.15) is 55.2 Å². The van der Waals surface area contributed by atoms with E-state index in [0.29, 0.717) is 37.1 Å². The Hall–Kier alpha value is -3.08. The molecule has 0 N–H and O–H groups in total. The topological polar surface area (TPSA) is 75.0 Å². The fourth-order valence-corrected chi connectivity index (χ4v) is 7.57. The molecule has 2 fully saturated rings. The highest BCUT2D eigenvalue weighted by Crippen LogP contribution is 2.54. The maximum atomic E-state index is 12.9. The Balaban J connectivity index is 1.29. The molecule has 2 aromatic rings. The maximum absolute atomic E-state index is 12.9. The molecule has 1 saturated heterocycles. The van der Waals surface area contributed by atoms with Crippen LogP contribution in [0.3, 0.4) is 0 Å². The number of hydrogen-bond donors (Lipinski definition) is 0. The van der Waals surface area contributed by atoms with Crippen LogP contribution in [0.25, 0.3) is 0 Å². The van der Waals surface area contributed by atoms with Gasteiger partial charge in [-0.1, -0.05) is 30.7 Å². The van der Waals surface area contributed by atoms with Gasteiger partial charge >= 0.3 is 6.09 Å². The summed E-state index contributed by atoms with van der Waals surface area (Å²) in [6.07, 6.45) is 6.54. The van der Waals surface area contributed by atoms with Crippen LogP contribution in [0.5, 0.6) is 5.75 Å².